The second-order valence-corrected chi connectivity index (χ2v) is 6.79. The molecule has 2 N–H and O–H groups in total. The fraction of sp³-hybridized carbons (Fsp3) is 0.385. The molecular formula is C13H16N2O2S. The first-order chi connectivity index (χ1) is 8.67. The number of aromatic nitrogens is 1. The topological polar surface area (TPSA) is 62.0 Å². The lowest BCUT2D eigenvalue weighted by Gasteiger charge is -2.04. The van der Waals surface area contributed by atoms with Gasteiger partial charge in [0.2, 0.25) is 10.0 Å². The first kappa shape index (κ1) is 11.7. The summed E-state index contributed by atoms with van der Waals surface area (Å²) in [7, 11) is -3.05. The van der Waals surface area contributed by atoms with Crippen LogP contribution in [0.4, 0.5) is 0 Å². The maximum atomic E-state index is 11.7. The number of para-hydroxylation sites is 1. The van der Waals surface area contributed by atoms with Crippen molar-refractivity contribution in [2.45, 2.75) is 24.5 Å². The summed E-state index contributed by atoms with van der Waals surface area (Å²) in [5.41, 5.74) is 2.25. The van der Waals surface area contributed by atoms with E-state index < -0.39 is 10.0 Å². The van der Waals surface area contributed by atoms with Crippen molar-refractivity contribution in [2.75, 3.05) is 6.54 Å². The molecule has 0 atom stereocenters. The molecule has 1 aromatic heterocycles. The van der Waals surface area contributed by atoms with Crippen LogP contribution in [-0.4, -0.2) is 25.2 Å². The minimum Gasteiger partial charge on any atom is -0.361 e. The van der Waals surface area contributed by atoms with E-state index in [9.17, 15) is 8.42 Å². The molecule has 0 radical (unpaired) electrons. The van der Waals surface area contributed by atoms with E-state index in [0.717, 1.165) is 30.3 Å². The maximum Gasteiger partial charge on any atom is 0.214 e. The molecule has 0 amide bonds. The summed E-state index contributed by atoms with van der Waals surface area (Å²) in [6.45, 7) is 0.473. The van der Waals surface area contributed by atoms with E-state index in [2.05, 4.69) is 15.8 Å². The number of H-pyrrole nitrogens is 1. The molecule has 1 saturated carbocycles. The van der Waals surface area contributed by atoms with Gasteiger partial charge in [-0.2, -0.15) is 0 Å². The van der Waals surface area contributed by atoms with E-state index in [-0.39, 0.29) is 5.25 Å². The van der Waals surface area contributed by atoms with Gasteiger partial charge in [0.25, 0.3) is 0 Å². The Morgan fingerprint density at radius 3 is 2.83 bits per heavy atom. The van der Waals surface area contributed by atoms with Crippen molar-refractivity contribution in [2.24, 2.45) is 0 Å². The average molecular weight is 264 g/mol. The highest BCUT2D eigenvalue weighted by Crippen LogP contribution is 2.27. The quantitative estimate of drug-likeness (QED) is 0.865. The molecule has 1 aliphatic rings. The lowest BCUT2D eigenvalue weighted by atomic mass is 10.1. The predicted octanol–water partition coefficient (Wildman–Crippen LogP) is 1.79. The van der Waals surface area contributed by atoms with Gasteiger partial charge in [0.15, 0.2) is 0 Å². The van der Waals surface area contributed by atoms with Crippen molar-refractivity contribution in [3.8, 4) is 0 Å². The zero-order valence-electron chi connectivity index (χ0n) is 10.0. The number of benzene rings is 1. The van der Waals surface area contributed by atoms with Crippen molar-refractivity contribution >= 4 is 20.9 Å². The minimum atomic E-state index is -3.05. The van der Waals surface area contributed by atoms with Gasteiger partial charge in [-0.3, -0.25) is 0 Å². The van der Waals surface area contributed by atoms with Gasteiger partial charge in [0.05, 0.1) is 5.25 Å². The average Bonchev–Trinajstić information content (AvgIpc) is 3.14. The van der Waals surface area contributed by atoms with Gasteiger partial charge in [-0.15, -0.1) is 0 Å². The first-order valence-corrected chi connectivity index (χ1v) is 7.75. The van der Waals surface area contributed by atoms with Crippen LogP contribution in [0.1, 0.15) is 18.4 Å². The van der Waals surface area contributed by atoms with Crippen molar-refractivity contribution < 1.29 is 8.42 Å². The molecule has 5 heteroatoms. The Hall–Kier alpha value is -1.33. The smallest absolute Gasteiger partial charge is 0.214 e. The standard InChI is InChI=1S/C13H16N2O2S/c16-18(17,11-5-6-11)15-8-7-10-9-14-13-4-2-1-3-12(10)13/h1-4,9,11,14-15H,5-8H2. The largest absolute Gasteiger partial charge is 0.361 e. The number of rotatable bonds is 5. The van der Waals surface area contributed by atoms with Gasteiger partial charge in [0, 0.05) is 23.6 Å². The van der Waals surface area contributed by atoms with Crippen LogP contribution in [0, 0.1) is 0 Å². The van der Waals surface area contributed by atoms with Gasteiger partial charge in [-0.1, -0.05) is 18.2 Å². The van der Waals surface area contributed by atoms with Crippen LogP contribution in [0.5, 0.6) is 0 Å². The number of aromatic amines is 1. The molecule has 1 aliphatic carbocycles. The Bertz CT molecular complexity index is 656. The first-order valence-electron chi connectivity index (χ1n) is 6.20. The van der Waals surface area contributed by atoms with Crippen molar-refractivity contribution in [3.05, 3.63) is 36.0 Å². The van der Waals surface area contributed by atoms with Gasteiger partial charge in [-0.25, -0.2) is 13.1 Å². The summed E-state index contributed by atoms with van der Waals surface area (Å²) in [4.78, 5) is 3.19. The number of hydrogen-bond acceptors (Lipinski definition) is 2. The second kappa shape index (κ2) is 4.40. The van der Waals surface area contributed by atoms with Gasteiger partial charge in [-0.05, 0) is 30.9 Å². The van der Waals surface area contributed by atoms with Crippen LogP contribution >= 0.6 is 0 Å². The summed E-state index contributed by atoms with van der Waals surface area (Å²) in [6.07, 6.45) is 4.29. The molecule has 3 rings (SSSR count). The van der Waals surface area contributed by atoms with Gasteiger partial charge in [0.1, 0.15) is 0 Å². The molecule has 1 heterocycles. The van der Waals surface area contributed by atoms with Crippen LogP contribution in [0.3, 0.4) is 0 Å². The Labute approximate surface area is 106 Å². The summed E-state index contributed by atoms with van der Waals surface area (Å²) >= 11 is 0. The van der Waals surface area contributed by atoms with Crippen LogP contribution in [0.15, 0.2) is 30.5 Å². The van der Waals surface area contributed by atoms with Gasteiger partial charge >= 0.3 is 0 Å². The zero-order valence-corrected chi connectivity index (χ0v) is 10.8. The summed E-state index contributed by atoms with van der Waals surface area (Å²) in [6, 6.07) is 8.05. The second-order valence-electron chi connectivity index (χ2n) is 4.75. The molecule has 4 nitrogen and oxygen atoms in total. The van der Waals surface area contributed by atoms with E-state index >= 15 is 0 Å². The highest BCUT2D eigenvalue weighted by atomic mass is 32.2. The molecule has 1 aromatic carbocycles. The fourth-order valence-corrected chi connectivity index (χ4v) is 3.54. The lowest BCUT2D eigenvalue weighted by molar-refractivity contribution is 0.580. The molecule has 0 spiro atoms. The fourth-order valence-electron chi connectivity index (χ4n) is 2.16. The predicted molar refractivity (Wildman–Crippen MR) is 71.9 cm³/mol. The van der Waals surface area contributed by atoms with Crippen molar-refractivity contribution in [1.82, 2.24) is 9.71 Å². The van der Waals surface area contributed by atoms with Crippen LogP contribution in [0.2, 0.25) is 0 Å². The van der Waals surface area contributed by atoms with E-state index in [1.165, 1.54) is 5.39 Å². The van der Waals surface area contributed by atoms with Gasteiger partial charge < -0.3 is 4.98 Å². The van der Waals surface area contributed by atoms with E-state index in [4.69, 9.17) is 0 Å². The van der Waals surface area contributed by atoms with E-state index in [1.54, 1.807) is 0 Å². The zero-order chi connectivity index (χ0) is 12.6. The molecule has 96 valence electrons. The SMILES string of the molecule is O=S(=O)(NCCc1c[nH]c2ccccc12)C1CC1. The molecule has 0 bridgehead atoms. The number of nitrogens with one attached hydrogen (secondary N) is 2. The lowest BCUT2D eigenvalue weighted by Crippen LogP contribution is -2.29. The monoisotopic (exact) mass is 264 g/mol. The van der Waals surface area contributed by atoms with Crippen LogP contribution < -0.4 is 4.72 Å². The third-order valence-electron chi connectivity index (χ3n) is 3.34. The summed E-state index contributed by atoms with van der Waals surface area (Å²) in [5.74, 6) is 0. The maximum absolute atomic E-state index is 11.7. The number of hydrogen-bond donors (Lipinski definition) is 2. The third kappa shape index (κ3) is 2.28. The Balaban J connectivity index is 1.66. The Morgan fingerprint density at radius 2 is 2.06 bits per heavy atom. The van der Waals surface area contributed by atoms with E-state index in [1.807, 2.05) is 24.4 Å². The number of fused-ring (bicyclic) bond motifs is 1. The number of sulfonamides is 1. The Morgan fingerprint density at radius 1 is 1.28 bits per heavy atom. The minimum absolute atomic E-state index is 0.138. The molecule has 0 unspecified atom stereocenters. The summed E-state index contributed by atoms with van der Waals surface area (Å²) in [5, 5.41) is 1.03. The van der Waals surface area contributed by atoms with Crippen molar-refractivity contribution in [3.63, 3.8) is 0 Å². The molecular weight excluding hydrogens is 248 g/mol. The molecule has 2 aromatic rings. The Kier molecular flexibility index (Phi) is 2.87. The normalized spacial score (nSPS) is 16.2. The molecule has 0 aliphatic heterocycles. The third-order valence-corrected chi connectivity index (χ3v) is 5.29. The summed E-state index contributed by atoms with van der Waals surface area (Å²) < 4.78 is 26.0. The molecule has 18 heavy (non-hydrogen) atoms. The molecule has 0 saturated heterocycles. The van der Waals surface area contributed by atoms with Crippen molar-refractivity contribution in [1.29, 1.82) is 0 Å². The van der Waals surface area contributed by atoms with Crippen LogP contribution in [0.25, 0.3) is 10.9 Å². The van der Waals surface area contributed by atoms with Crippen LogP contribution in [-0.2, 0) is 16.4 Å². The van der Waals surface area contributed by atoms with E-state index in [0.29, 0.717) is 6.54 Å². The highest BCUT2D eigenvalue weighted by molar-refractivity contribution is 7.90. The molecule has 1 fully saturated rings. The highest BCUT2D eigenvalue weighted by Gasteiger charge is 2.35.